The van der Waals surface area contributed by atoms with Crippen LogP contribution in [0.3, 0.4) is 0 Å². The highest BCUT2D eigenvalue weighted by Gasteiger charge is 2.17. The standard InChI is InChI=1S/C20H24N2O3.ClH/c1-24-19-8-7-17(12-16(19)11-15-5-3-2-4-6-15)22-20(23)13-18-14-25-10-9-21-18;/h2-8,12,18,21H,9-11,13-14H2,1H3,(H,22,23);1H. The quantitative estimate of drug-likeness (QED) is 0.813. The fraction of sp³-hybridized carbons (Fsp3) is 0.350. The molecular formula is C20H25ClN2O3. The van der Waals surface area contributed by atoms with Crippen molar-refractivity contribution in [3.05, 3.63) is 59.7 Å². The molecule has 1 atom stereocenters. The minimum absolute atomic E-state index is 0. The van der Waals surface area contributed by atoms with E-state index in [1.54, 1.807) is 7.11 Å². The highest BCUT2D eigenvalue weighted by molar-refractivity contribution is 5.91. The number of morpholine rings is 1. The summed E-state index contributed by atoms with van der Waals surface area (Å²) in [4.78, 5) is 12.3. The van der Waals surface area contributed by atoms with E-state index in [4.69, 9.17) is 9.47 Å². The number of carbonyl (C=O) groups excluding carboxylic acids is 1. The van der Waals surface area contributed by atoms with Crippen LogP contribution in [0.1, 0.15) is 17.5 Å². The van der Waals surface area contributed by atoms with Crippen LogP contribution in [0.25, 0.3) is 0 Å². The number of hydrogen-bond donors (Lipinski definition) is 2. The molecule has 1 unspecified atom stereocenters. The first-order valence-electron chi connectivity index (χ1n) is 8.56. The lowest BCUT2D eigenvalue weighted by molar-refractivity contribution is -0.117. The summed E-state index contributed by atoms with van der Waals surface area (Å²) in [5.74, 6) is 0.808. The predicted octanol–water partition coefficient (Wildman–Crippen LogP) is 3.02. The van der Waals surface area contributed by atoms with Crippen LogP contribution in [0.2, 0.25) is 0 Å². The maximum Gasteiger partial charge on any atom is 0.226 e. The summed E-state index contributed by atoms with van der Waals surface area (Å²) in [6.07, 6.45) is 1.16. The molecule has 5 nitrogen and oxygen atoms in total. The molecule has 2 aromatic carbocycles. The van der Waals surface area contributed by atoms with Gasteiger partial charge in [0.15, 0.2) is 0 Å². The van der Waals surface area contributed by atoms with Gasteiger partial charge in [-0.2, -0.15) is 0 Å². The van der Waals surface area contributed by atoms with Crippen LogP contribution in [-0.2, 0) is 16.0 Å². The number of amides is 1. The third-order valence-electron chi connectivity index (χ3n) is 4.23. The topological polar surface area (TPSA) is 59.6 Å². The molecule has 1 saturated heterocycles. The van der Waals surface area contributed by atoms with Gasteiger partial charge in [-0.25, -0.2) is 0 Å². The first kappa shape index (κ1) is 20.2. The van der Waals surface area contributed by atoms with E-state index in [0.717, 1.165) is 30.0 Å². The number of hydrogen-bond acceptors (Lipinski definition) is 4. The van der Waals surface area contributed by atoms with E-state index >= 15 is 0 Å². The molecule has 2 N–H and O–H groups in total. The molecule has 1 aliphatic heterocycles. The van der Waals surface area contributed by atoms with E-state index in [2.05, 4.69) is 22.8 Å². The fourth-order valence-electron chi connectivity index (χ4n) is 3.00. The molecule has 1 fully saturated rings. The number of rotatable bonds is 6. The number of anilines is 1. The van der Waals surface area contributed by atoms with Gasteiger partial charge in [0.25, 0.3) is 0 Å². The molecule has 0 spiro atoms. The number of halogens is 1. The van der Waals surface area contributed by atoms with E-state index < -0.39 is 0 Å². The zero-order valence-electron chi connectivity index (χ0n) is 14.9. The number of ether oxygens (including phenoxy) is 2. The van der Waals surface area contributed by atoms with Crippen LogP contribution >= 0.6 is 12.4 Å². The Bertz CT molecular complexity index is 703. The van der Waals surface area contributed by atoms with Crippen LogP contribution in [0.4, 0.5) is 5.69 Å². The smallest absolute Gasteiger partial charge is 0.226 e. The van der Waals surface area contributed by atoms with Gasteiger partial charge in [-0.15, -0.1) is 12.4 Å². The second-order valence-corrected chi connectivity index (χ2v) is 6.17. The first-order chi connectivity index (χ1) is 12.2. The Hall–Kier alpha value is -2.08. The van der Waals surface area contributed by atoms with Crippen LogP contribution < -0.4 is 15.4 Å². The number of methoxy groups -OCH3 is 1. The molecule has 1 amide bonds. The van der Waals surface area contributed by atoms with Crippen molar-refractivity contribution in [2.75, 3.05) is 32.2 Å². The van der Waals surface area contributed by atoms with Gasteiger partial charge in [-0.05, 0) is 23.8 Å². The van der Waals surface area contributed by atoms with E-state index in [1.807, 2.05) is 36.4 Å². The molecule has 0 saturated carbocycles. The van der Waals surface area contributed by atoms with Crippen LogP contribution in [0.5, 0.6) is 5.75 Å². The highest BCUT2D eigenvalue weighted by atomic mass is 35.5. The Morgan fingerprint density at radius 2 is 2.08 bits per heavy atom. The van der Waals surface area contributed by atoms with E-state index in [1.165, 1.54) is 5.56 Å². The van der Waals surface area contributed by atoms with Gasteiger partial charge in [-0.3, -0.25) is 4.79 Å². The fourth-order valence-corrected chi connectivity index (χ4v) is 3.00. The molecule has 2 aromatic rings. The number of carbonyl (C=O) groups is 1. The van der Waals surface area contributed by atoms with Crippen molar-refractivity contribution in [2.45, 2.75) is 18.9 Å². The largest absolute Gasteiger partial charge is 0.496 e. The minimum Gasteiger partial charge on any atom is -0.496 e. The van der Waals surface area contributed by atoms with Crippen molar-refractivity contribution >= 4 is 24.0 Å². The van der Waals surface area contributed by atoms with Crippen molar-refractivity contribution in [3.8, 4) is 5.75 Å². The zero-order valence-corrected chi connectivity index (χ0v) is 15.7. The lowest BCUT2D eigenvalue weighted by Crippen LogP contribution is -2.43. The van der Waals surface area contributed by atoms with Gasteiger partial charge < -0.3 is 20.1 Å². The van der Waals surface area contributed by atoms with E-state index in [0.29, 0.717) is 19.6 Å². The molecule has 140 valence electrons. The summed E-state index contributed by atoms with van der Waals surface area (Å²) in [5, 5.41) is 6.27. The summed E-state index contributed by atoms with van der Waals surface area (Å²) in [5.41, 5.74) is 3.03. The van der Waals surface area contributed by atoms with Gasteiger partial charge in [0.05, 0.1) is 20.3 Å². The van der Waals surface area contributed by atoms with Gasteiger partial charge in [0.2, 0.25) is 5.91 Å². The van der Waals surface area contributed by atoms with Gasteiger partial charge >= 0.3 is 0 Å². The van der Waals surface area contributed by atoms with Gasteiger partial charge in [0.1, 0.15) is 5.75 Å². The van der Waals surface area contributed by atoms with E-state index in [9.17, 15) is 4.79 Å². The summed E-state index contributed by atoms with van der Waals surface area (Å²) < 4.78 is 10.8. The first-order valence-corrected chi connectivity index (χ1v) is 8.56. The maximum atomic E-state index is 12.3. The molecule has 0 aliphatic carbocycles. The molecule has 6 heteroatoms. The Labute approximate surface area is 160 Å². The average molecular weight is 377 g/mol. The third-order valence-corrected chi connectivity index (χ3v) is 4.23. The maximum absolute atomic E-state index is 12.3. The van der Waals surface area contributed by atoms with Crippen molar-refractivity contribution in [2.24, 2.45) is 0 Å². The molecule has 1 heterocycles. The Kier molecular flexibility index (Phi) is 7.91. The van der Waals surface area contributed by atoms with Crippen LogP contribution in [-0.4, -0.2) is 38.8 Å². The minimum atomic E-state index is -0.0150. The lowest BCUT2D eigenvalue weighted by atomic mass is 10.0. The summed E-state index contributed by atoms with van der Waals surface area (Å²) in [6.45, 7) is 2.08. The second kappa shape index (κ2) is 10.2. The Morgan fingerprint density at radius 1 is 1.27 bits per heavy atom. The predicted molar refractivity (Wildman–Crippen MR) is 105 cm³/mol. The Balaban J connectivity index is 0.00000243. The van der Waals surface area contributed by atoms with Gasteiger partial charge in [0, 0.05) is 36.7 Å². The molecule has 0 radical (unpaired) electrons. The summed E-state index contributed by atoms with van der Waals surface area (Å²) in [6, 6.07) is 16.0. The van der Waals surface area contributed by atoms with Crippen LogP contribution in [0.15, 0.2) is 48.5 Å². The van der Waals surface area contributed by atoms with Crippen molar-refractivity contribution < 1.29 is 14.3 Å². The summed E-state index contributed by atoms with van der Waals surface area (Å²) >= 11 is 0. The number of benzene rings is 2. The molecule has 0 aromatic heterocycles. The summed E-state index contributed by atoms with van der Waals surface area (Å²) in [7, 11) is 1.66. The molecule has 26 heavy (non-hydrogen) atoms. The molecule has 0 bridgehead atoms. The number of nitrogens with one attached hydrogen (secondary N) is 2. The highest BCUT2D eigenvalue weighted by Crippen LogP contribution is 2.25. The SMILES string of the molecule is COc1ccc(NC(=O)CC2COCCN2)cc1Cc1ccccc1.Cl. The Morgan fingerprint density at radius 3 is 2.77 bits per heavy atom. The zero-order chi connectivity index (χ0) is 17.5. The molecule has 3 rings (SSSR count). The van der Waals surface area contributed by atoms with Crippen molar-refractivity contribution in [1.82, 2.24) is 5.32 Å². The third kappa shape index (κ3) is 5.73. The average Bonchev–Trinajstić information content (AvgIpc) is 2.63. The van der Waals surface area contributed by atoms with Crippen LogP contribution in [0, 0.1) is 0 Å². The van der Waals surface area contributed by atoms with Crippen molar-refractivity contribution in [1.29, 1.82) is 0 Å². The van der Waals surface area contributed by atoms with E-state index in [-0.39, 0.29) is 24.4 Å². The molecular weight excluding hydrogens is 352 g/mol. The monoisotopic (exact) mass is 376 g/mol. The lowest BCUT2D eigenvalue weighted by Gasteiger charge is -2.23. The molecule has 1 aliphatic rings. The van der Waals surface area contributed by atoms with Crippen molar-refractivity contribution in [3.63, 3.8) is 0 Å². The van der Waals surface area contributed by atoms with Gasteiger partial charge in [-0.1, -0.05) is 30.3 Å². The second-order valence-electron chi connectivity index (χ2n) is 6.17. The normalized spacial score (nSPS) is 16.4.